The van der Waals surface area contributed by atoms with Gasteiger partial charge in [0.25, 0.3) is 11.8 Å². The molecule has 43 heavy (non-hydrogen) atoms. The van der Waals surface area contributed by atoms with Gasteiger partial charge in [-0.1, -0.05) is 0 Å². The molecule has 2 aromatic heterocycles. The number of rotatable bonds is 8. The number of aromatic nitrogens is 4. The Balaban J connectivity index is 1.43. The second-order valence-electron chi connectivity index (χ2n) is 10.5. The Morgan fingerprint density at radius 3 is 2.60 bits per heavy atom. The molecule has 1 aliphatic carbocycles. The fraction of sp³-hybridized carbons (Fsp3) is 0.379. The van der Waals surface area contributed by atoms with Crippen molar-refractivity contribution in [3.63, 3.8) is 0 Å². The van der Waals surface area contributed by atoms with Crippen molar-refractivity contribution in [3.05, 3.63) is 47.8 Å². The molecule has 224 valence electrons. The second kappa shape index (κ2) is 10.9. The lowest BCUT2D eigenvalue weighted by Gasteiger charge is -2.22. The van der Waals surface area contributed by atoms with Gasteiger partial charge in [0.15, 0.2) is 0 Å². The number of ether oxygens (including phenoxy) is 3. The van der Waals surface area contributed by atoms with Gasteiger partial charge in [-0.2, -0.15) is 24.2 Å². The average molecular weight is 599 g/mol. The lowest BCUT2D eigenvalue weighted by molar-refractivity contribution is -0.0502. The quantitative estimate of drug-likeness (QED) is 0.269. The maximum absolute atomic E-state index is 13.5. The molecule has 2 atom stereocenters. The monoisotopic (exact) mass is 598 g/mol. The summed E-state index contributed by atoms with van der Waals surface area (Å²) in [5.74, 6) is -4.88. The number of hydrogen-bond acceptors (Lipinski definition) is 7. The zero-order chi connectivity index (χ0) is 30.5. The Bertz CT molecular complexity index is 1760. The van der Waals surface area contributed by atoms with Gasteiger partial charge >= 0.3 is 6.61 Å². The number of nitriles is 1. The summed E-state index contributed by atoms with van der Waals surface area (Å²) in [6.45, 7) is -2.66. The summed E-state index contributed by atoms with van der Waals surface area (Å²) in [7, 11) is 2.82. The van der Waals surface area contributed by atoms with Crippen molar-refractivity contribution in [3.8, 4) is 40.0 Å². The minimum atomic E-state index is -3.32. The summed E-state index contributed by atoms with van der Waals surface area (Å²) in [6, 6.07) is 6.81. The molecule has 0 bridgehead atoms. The highest BCUT2D eigenvalue weighted by molar-refractivity contribution is 6.03. The van der Waals surface area contributed by atoms with Crippen molar-refractivity contribution in [1.29, 1.82) is 5.26 Å². The average Bonchev–Trinajstić information content (AvgIpc) is 3.31. The number of carbonyl (C=O) groups is 1. The van der Waals surface area contributed by atoms with Gasteiger partial charge in [-0.15, -0.1) is 0 Å². The normalized spacial score (nSPS) is 19.3. The van der Waals surface area contributed by atoms with Gasteiger partial charge in [-0.25, -0.2) is 13.5 Å². The Labute approximate surface area is 242 Å². The molecule has 2 aromatic carbocycles. The van der Waals surface area contributed by atoms with E-state index in [9.17, 15) is 27.6 Å². The smallest absolute Gasteiger partial charge is 0.387 e. The van der Waals surface area contributed by atoms with Crippen molar-refractivity contribution < 1.29 is 36.6 Å². The molecular formula is C29H26F4N6O4. The Hall–Kier alpha value is -4.64. The van der Waals surface area contributed by atoms with Crippen molar-refractivity contribution >= 4 is 16.8 Å². The number of alkyl halides is 4. The van der Waals surface area contributed by atoms with Crippen LogP contribution in [0.15, 0.2) is 36.7 Å². The van der Waals surface area contributed by atoms with E-state index < -0.39 is 42.2 Å². The van der Waals surface area contributed by atoms with Crippen LogP contribution in [0.3, 0.4) is 0 Å². The first-order chi connectivity index (χ1) is 20.6. The molecule has 4 aromatic rings. The molecule has 10 nitrogen and oxygen atoms in total. The third kappa shape index (κ3) is 5.36. The molecule has 0 spiro atoms. The molecule has 1 amide bonds. The molecule has 14 heteroatoms. The third-order valence-corrected chi connectivity index (χ3v) is 7.58. The van der Waals surface area contributed by atoms with Crippen LogP contribution in [0.25, 0.3) is 33.3 Å². The zero-order valence-electron chi connectivity index (χ0n) is 23.1. The second-order valence-corrected chi connectivity index (χ2v) is 10.5. The van der Waals surface area contributed by atoms with Crippen LogP contribution >= 0.6 is 0 Å². The van der Waals surface area contributed by atoms with E-state index in [1.54, 1.807) is 30.1 Å². The molecule has 1 aliphatic heterocycles. The number of benzene rings is 2. The summed E-state index contributed by atoms with van der Waals surface area (Å²) in [4.78, 5) is 12.9. The van der Waals surface area contributed by atoms with Crippen LogP contribution in [0.2, 0.25) is 0 Å². The molecule has 3 heterocycles. The summed E-state index contributed by atoms with van der Waals surface area (Å²) in [5.41, 5.74) is 2.30. The van der Waals surface area contributed by atoms with E-state index in [4.69, 9.17) is 9.47 Å². The van der Waals surface area contributed by atoms with Gasteiger partial charge in [0.1, 0.15) is 23.3 Å². The predicted molar refractivity (Wildman–Crippen MR) is 145 cm³/mol. The maximum atomic E-state index is 13.5. The highest BCUT2D eigenvalue weighted by Crippen LogP contribution is 2.44. The minimum absolute atomic E-state index is 0.159. The van der Waals surface area contributed by atoms with Crippen LogP contribution in [0.5, 0.6) is 11.5 Å². The van der Waals surface area contributed by atoms with Crippen LogP contribution in [-0.2, 0) is 11.8 Å². The van der Waals surface area contributed by atoms with Gasteiger partial charge in [-0.05, 0) is 49.1 Å². The minimum Gasteiger partial charge on any atom is -0.496 e. The van der Waals surface area contributed by atoms with Gasteiger partial charge in [0, 0.05) is 42.8 Å². The highest BCUT2D eigenvalue weighted by Gasteiger charge is 2.58. The van der Waals surface area contributed by atoms with Gasteiger partial charge < -0.3 is 19.5 Å². The molecule has 1 unspecified atom stereocenters. The molecule has 0 radical (unpaired) electrons. The lowest BCUT2D eigenvalue weighted by atomic mass is 9.97. The number of nitrogens with zero attached hydrogens (tertiary/aromatic N) is 5. The molecule has 6 rings (SSSR count). The van der Waals surface area contributed by atoms with E-state index in [1.165, 1.54) is 23.9 Å². The van der Waals surface area contributed by atoms with E-state index in [0.29, 0.717) is 28.8 Å². The van der Waals surface area contributed by atoms with Crippen LogP contribution in [0.1, 0.15) is 47.8 Å². The number of methoxy groups -OCH3 is 1. The van der Waals surface area contributed by atoms with Crippen LogP contribution in [-0.4, -0.2) is 57.8 Å². The van der Waals surface area contributed by atoms with E-state index in [0.717, 1.165) is 24.8 Å². The van der Waals surface area contributed by atoms with E-state index in [1.807, 2.05) is 6.20 Å². The first-order valence-electron chi connectivity index (χ1n) is 13.5. The highest BCUT2D eigenvalue weighted by atomic mass is 19.3. The molecule has 2 fully saturated rings. The number of fused-ring (bicyclic) bond motifs is 1. The van der Waals surface area contributed by atoms with Crippen molar-refractivity contribution in [2.75, 3.05) is 13.7 Å². The number of hydrogen-bond donors (Lipinski definition) is 1. The predicted octanol–water partition coefficient (Wildman–Crippen LogP) is 5.42. The Kier molecular flexibility index (Phi) is 7.21. The van der Waals surface area contributed by atoms with Gasteiger partial charge in [0.05, 0.1) is 42.2 Å². The van der Waals surface area contributed by atoms with Gasteiger partial charge in [-0.3, -0.25) is 9.48 Å². The molecule has 1 N–H and O–H groups in total. The van der Waals surface area contributed by atoms with E-state index in [2.05, 4.69) is 26.3 Å². The number of nitrogens with one attached hydrogen (secondary N) is 1. The number of amides is 1. The summed E-state index contributed by atoms with van der Waals surface area (Å²) in [6.07, 6.45) is 5.71. The molecular weight excluding hydrogens is 572 g/mol. The van der Waals surface area contributed by atoms with Crippen LogP contribution in [0.4, 0.5) is 17.6 Å². The van der Waals surface area contributed by atoms with Crippen molar-refractivity contribution in [1.82, 2.24) is 24.9 Å². The summed E-state index contributed by atoms with van der Waals surface area (Å²) >= 11 is 0. The van der Waals surface area contributed by atoms with Crippen molar-refractivity contribution in [2.24, 2.45) is 7.05 Å². The topological polar surface area (TPSA) is 116 Å². The van der Waals surface area contributed by atoms with Gasteiger partial charge in [0.2, 0.25) is 0 Å². The number of halogens is 4. The van der Waals surface area contributed by atoms with E-state index in [-0.39, 0.29) is 23.1 Å². The Morgan fingerprint density at radius 1 is 1.19 bits per heavy atom. The molecule has 1 saturated carbocycles. The summed E-state index contributed by atoms with van der Waals surface area (Å²) in [5, 5.41) is 21.7. The lowest BCUT2D eigenvalue weighted by Crippen LogP contribution is -2.30. The third-order valence-electron chi connectivity index (χ3n) is 7.58. The molecule has 1 saturated heterocycles. The SMILES string of the molecule is COc1cc(-c2c3c(C#N)cc(-c4cnn(C5CCCCO5)c4)cc3nn2C)cc(OC(F)F)c1C(=O)N[C@@H]1CC1(F)F. The zero-order valence-corrected chi connectivity index (χ0v) is 23.1. The Morgan fingerprint density at radius 2 is 1.95 bits per heavy atom. The van der Waals surface area contributed by atoms with Crippen LogP contribution < -0.4 is 14.8 Å². The number of aryl methyl sites for hydroxylation is 1. The largest absolute Gasteiger partial charge is 0.496 e. The van der Waals surface area contributed by atoms with E-state index >= 15 is 0 Å². The standard InChI is InChI=1S/C29H26F4N6O4/c1-38-26(16-9-20(41-2)25(21(10-16)43-28(30)31)27(40)36-22-11-29(22,32)33)24-17(12-34)7-15(8-19(24)37-38)18-13-35-39(14-18)23-5-3-4-6-42-23/h7-10,13-14,22-23,28H,3-6,11H2,1-2H3,(H,36,40)/t22-,23?/m1/s1. The maximum Gasteiger partial charge on any atom is 0.387 e. The first kappa shape index (κ1) is 28.5. The number of carbonyl (C=O) groups excluding carboxylic acids is 1. The van der Waals surface area contributed by atoms with Crippen LogP contribution in [0, 0.1) is 11.3 Å². The fourth-order valence-electron chi connectivity index (χ4n) is 5.39. The first-order valence-corrected chi connectivity index (χ1v) is 13.5. The summed E-state index contributed by atoms with van der Waals surface area (Å²) < 4.78 is 72.9. The fourth-order valence-corrected chi connectivity index (χ4v) is 5.39. The van der Waals surface area contributed by atoms with Crippen molar-refractivity contribution in [2.45, 2.75) is 50.5 Å². The molecule has 2 aliphatic rings.